The maximum absolute atomic E-state index is 11.4. The zero-order chi connectivity index (χ0) is 17.6. The first-order valence-corrected chi connectivity index (χ1v) is 10.7. The number of carbonyl (C=O) groups excluding carboxylic acids is 2. The summed E-state index contributed by atoms with van der Waals surface area (Å²) in [6.07, 6.45) is -0.00241. The molecule has 0 unspecified atom stereocenters. The van der Waals surface area contributed by atoms with E-state index in [1.54, 1.807) is 6.92 Å². The molecule has 0 saturated heterocycles. The molecule has 0 bridgehead atoms. The molecule has 0 aliphatic carbocycles. The normalized spacial score (nSPS) is 11.1. The first-order chi connectivity index (χ1) is 11.0. The fourth-order valence-electron chi connectivity index (χ4n) is 1.76. The number of hydrogen-bond donors (Lipinski definition) is 2. The van der Waals surface area contributed by atoms with Crippen molar-refractivity contribution in [3.8, 4) is 0 Å². The minimum Gasteiger partial charge on any atom is -0.450 e. The van der Waals surface area contributed by atoms with Gasteiger partial charge in [0.15, 0.2) is 0 Å². The second kappa shape index (κ2) is 13.6. The van der Waals surface area contributed by atoms with E-state index < -0.39 is 20.9 Å². The third-order valence-corrected chi connectivity index (χ3v) is 6.45. The number of urea groups is 1. The molecule has 0 aliphatic rings. The molecule has 10 heteroatoms. The number of imide groups is 1. The van der Waals surface area contributed by atoms with Gasteiger partial charge >= 0.3 is 20.9 Å². The van der Waals surface area contributed by atoms with Crippen molar-refractivity contribution in [1.82, 2.24) is 10.0 Å². The van der Waals surface area contributed by atoms with E-state index in [1.165, 1.54) is 11.9 Å². The summed E-state index contributed by atoms with van der Waals surface area (Å²) in [5.41, 5.74) is 0. The van der Waals surface area contributed by atoms with Crippen molar-refractivity contribution in [2.24, 2.45) is 0 Å². The highest BCUT2D eigenvalue weighted by Gasteiger charge is 2.39. The molecule has 0 atom stereocenters. The van der Waals surface area contributed by atoms with Gasteiger partial charge in [0.2, 0.25) is 0 Å². The van der Waals surface area contributed by atoms with Crippen LogP contribution in [0.25, 0.3) is 0 Å². The maximum atomic E-state index is 11.4. The monoisotopic (exact) mass is 368 g/mol. The highest BCUT2D eigenvalue weighted by Crippen LogP contribution is 2.19. The fraction of sp³-hybridized carbons (Fsp3) is 0.846. The summed E-state index contributed by atoms with van der Waals surface area (Å²) in [6, 6.07) is 0.0767. The Balaban J connectivity index is 4.05. The minimum absolute atomic E-state index is 0.214. The summed E-state index contributed by atoms with van der Waals surface area (Å²) in [7, 11) is -2.63. The van der Waals surface area contributed by atoms with E-state index in [0.717, 1.165) is 6.42 Å². The lowest BCUT2D eigenvalue weighted by Gasteiger charge is -2.28. The molecule has 0 aromatic carbocycles. The maximum Gasteiger partial charge on any atom is 0.500 e. The Kier molecular flexibility index (Phi) is 13.1. The molecule has 0 radical (unpaired) electrons. The Bertz CT molecular complexity index is 331. The van der Waals surface area contributed by atoms with Gasteiger partial charge in [-0.3, -0.25) is 4.72 Å². The van der Waals surface area contributed by atoms with Crippen LogP contribution < -0.4 is 10.0 Å². The molecule has 3 amide bonds. The van der Waals surface area contributed by atoms with Gasteiger partial charge in [-0.2, -0.15) is 0 Å². The quantitative estimate of drug-likeness (QED) is 0.310. The Labute approximate surface area is 143 Å². The zero-order valence-corrected chi connectivity index (χ0v) is 16.1. The smallest absolute Gasteiger partial charge is 0.450 e. The predicted molar refractivity (Wildman–Crippen MR) is 91.2 cm³/mol. The average molecular weight is 369 g/mol. The molecule has 2 N–H and O–H groups in total. The molecule has 0 saturated carbocycles. The number of amides is 3. The van der Waals surface area contributed by atoms with Gasteiger partial charge in [0, 0.05) is 31.6 Å². The summed E-state index contributed by atoms with van der Waals surface area (Å²) < 4.78 is 24.3. The summed E-state index contributed by atoms with van der Waals surface area (Å²) in [5.74, 6) is 0.651. The lowest BCUT2D eigenvalue weighted by Crippen LogP contribution is -2.46. The van der Waals surface area contributed by atoms with Gasteiger partial charge in [0.1, 0.15) is 0 Å². The number of rotatable bonds is 12. The van der Waals surface area contributed by atoms with Crippen LogP contribution in [0.1, 0.15) is 34.1 Å². The van der Waals surface area contributed by atoms with Gasteiger partial charge < -0.3 is 18.0 Å². The van der Waals surface area contributed by atoms with Crippen LogP contribution >= 0.6 is 11.9 Å². The van der Waals surface area contributed by atoms with Crippen molar-refractivity contribution in [3.63, 3.8) is 0 Å². The first kappa shape index (κ1) is 22.2. The molecular formula is C13H28N2O6SSi. The molecule has 0 aliphatic heterocycles. The van der Waals surface area contributed by atoms with E-state index in [0.29, 0.717) is 31.6 Å². The highest BCUT2D eigenvalue weighted by molar-refractivity contribution is 7.97. The van der Waals surface area contributed by atoms with Gasteiger partial charge in [-0.1, -0.05) is 0 Å². The number of hydrogen-bond acceptors (Lipinski definition) is 7. The summed E-state index contributed by atoms with van der Waals surface area (Å²) in [6.45, 7) is 9.24. The molecule has 0 heterocycles. The average Bonchev–Trinajstić information content (AvgIpc) is 2.48. The molecular weight excluding hydrogens is 340 g/mol. The predicted octanol–water partition coefficient (Wildman–Crippen LogP) is 2.53. The van der Waals surface area contributed by atoms with Crippen LogP contribution in [0.5, 0.6) is 0 Å². The van der Waals surface area contributed by atoms with Crippen molar-refractivity contribution >= 4 is 32.9 Å². The van der Waals surface area contributed by atoms with Crippen molar-refractivity contribution in [3.05, 3.63) is 0 Å². The van der Waals surface area contributed by atoms with Crippen LogP contribution in [0, 0.1) is 0 Å². The van der Waals surface area contributed by atoms with Crippen molar-refractivity contribution in [2.75, 3.05) is 32.2 Å². The minimum atomic E-state index is -2.63. The zero-order valence-electron chi connectivity index (χ0n) is 14.3. The fourth-order valence-corrected chi connectivity index (χ4v) is 5.21. The molecule has 0 aromatic rings. The second-order valence-corrected chi connectivity index (χ2v) is 7.84. The summed E-state index contributed by atoms with van der Waals surface area (Å²) in [5, 5.41) is 2.05. The SMILES string of the molecule is CCOC(=O)NC(=O)NSCCC[Si](OCC)(OCC)OCC. The molecule has 0 spiro atoms. The second-order valence-electron chi connectivity index (χ2n) is 4.21. The van der Waals surface area contributed by atoms with Crippen LogP contribution in [0.15, 0.2) is 0 Å². The highest BCUT2D eigenvalue weighted by atomic mass is 32.2. The number of nitrogens with one attached hydrogen (secondary N) is 2. The summed E-state index contributed by atoms with van der Waals surface area (Å²) >= 11 is 1.20. The standard InChI is InChI=1S/C13H28N2O6SSi/c1-5-18-13(17)14-12(16)15-22-10-9-11-23(19-6-2,20-7-3)21-8-4/h5-11H2,1-4H3,(H2,14,15,16,17). The third kappa shape index (κ3) is 10.6. The van der Waals surface area contributed by atoms with Gasteiger partial charge in [0.05, 0.1) is 6.61 Å². The van der Waals surface area contributed by atoms with E-state index >= 15 is 0 Å². The Morgan fingerprint density at radius 1 is 0.957 bits per heavy atom. The molecule has 136 valence electrons. The number of carbonyl (C=O) groups is 2. The van der Waals surface area contributed by atoms with Gasteiger partial charge in [-0.25, -0.2) is 14.9 Å². The molecule has 0 rings (SSSR count). The summed E-state index contributed by atoms with van der Waals surface area (Å²) in [4.78, 5) is 22.4. The number of alkyl carbamates (subject to hydrolysis) is 1. The van der Waals surface area contributed by atoms with E-state index in [9.17, 15) is 9.59 Å². The van der Waals surface area contributed by atoms with Crippen LogP contribution in [0.4, 0.5) is 9.59 Å². The first-order valence-electron chi connectivity index (χ1n) is 7.80. The lowest BCUT2D eigenvalue weighted by molar-refractivity contribution is 0.0712. The Hall–Kier alpha value is -0.813. The van der Waals surface area contributed by atoms with Crippen LogP contribution in [-0.4, -0.2) is 53.1 Å². The Morgan fingerprint density at radius 3 is 2.00 bits per heavy atom. The van der Waals surface area contributed by atoms with E-state index in [1.807, 2.05) is 20.8 Å². The van der Waals surface area contributed by atoms with Gasteiger partial charge in [0.25, 0.3) is 0 Å². The van der Waals surface area contributed by atoms with Crippen LogP contribution in [-0.2, 0) is 18.0 Å². The van der Waals surface area contributed by atoms with Crippen molar-refractivity contribution in [2.45, 2.75) is 40.2 Å². The molecule has 0 fully saturated rings. The van der Waals surface area contributed by atoms with Gasteiger partial charge in [-0.05, 0) is 46.1 Å². The number of ether oxygens (including phenoxy) is 1. The van der Waals surface area contributed by atoms with Crippen LogP contribution in [0.2, 0.25) is 6.04 Å². The van der Waals surface area contributed by atoms with Crippen molar-refractivity contribution in [1.29, 1.82) is 0 Å². The van der Waals surface area contributed by atoms with E-state index in [2.05, 4.69) is 14.8 Å². The van der Waals surface area contributed by atoms with Gasteiger partial charge in [-0.15, -0.1) is 0 Å². The third-order valence-electron chi connectivity index (χ3n) is 2.48. The largest absolute Gasteiger partial charge is 0.500 e. The molecule has 0 aromatic heterocycles. The van der Waals surface area contributed by atoms with E-state index in [-0.39, 0.29) is 6.61 Å². The lowest BCUT2D eigenvalue weighted by atomic mass is 10.6. The van der Waals surface area contributed by atoms with E-state index in [4.69, 9.17) is 13.3 Å². The molecule has 8 nitrogen and oxygen atoms in total. The Morgan fingerprint density at radius 2 is 1.52 bits per heavy atom. The topological polar surface area (TPSA) is 95.1 Å². The van der Waals surface area contributed by atoms with Crippen molar-refractivity contribution < 1.29 is 27.6 Å². The molecule has 23 heavy (non-hydrogen) atoms. The van der Waals surface area contributed by atoms with Crippen LogP contribution in [0.3, 0.4) is 0 Å².